The summed E-state index contributed by atoms with van der Waals surface area (Å²) in [6.45, 7) is 9.89. The predicted octanol–water partition coefficient (Wildman–Crippen LogP) is 4.12. The number of benzene rings is 1. The molecule has 0 spiro atoms. The Bertz CT molecular complexity index is 704. The largest absolute Gasteiger partial charge is 0.341 e. The smallest absolute Gasteiger partial charge is 0.227 e. The Hall–Kier alpha value is -1.62. The van der Waals surface area contributed by atoms with Crippen LogP contribution in [0, 0.1) is 19.8 Å². The van der Waals surface area contributed by atoms with Crippen molar-refractivity contribution >= 4 is 21.8 Å². The molecule has 0 saturated heterocycles. The summed E-state index contributed by atoms with van der Waals surface area (Å²) in [6.07, 6.45) is 0.406. The second-order valence-electron chi connectivity index (χ2n) is 6.78. The van der Waals surface area contributed by atoms with Crippen molar-refractivity contribution in [3.05, 3.63) is 51.3 Å². The van der Waals surface area contributed by atoms with Crippen molar-refractivity contribution in [3.63, 3.8) is 0 Å². The van der Waals surface area contributed by atoms with E-state index in [1.54, 1.807) is 4.90 Å². The third-order valence-corrected chi connectivity index (χ3v) is 4.68. The van der Waals surface area contributed by atoms with Gasteiger partial charge >= 0.3 is 0 Å². The molecule has 0 atom stereocenters. The summed E-state index contributed by atoms with van der Waals surface area (Å²) in [5, 5.41) is 4.60. The highest BCUT2D eigenvalue weighted by atomic mass is 79.9. The van der Waals surface area contributed by atoms with E-state index in [9.17, 15) is 4.79 Å². The predicted molar refractivity (Wildman–Crippen MR) is 101 cm³/mol. The topological polar surface area (TPSA) is 38.1 Å². The SMILES string of the molecule is Cc1nn(CC(C)C)c(C)c1CC(=O)N(C)Cc1ccc(Br)cc1. The molecule has 0 unspecified atom stereocenters. The summed E-state index contributed by atoms with van der Waals surface area (Å²) < 4.78 is 3.07. The molecule has 2 aromatic rings. The number of rotatable bonds is 6. The summed E-state index contributed by atoms with van der Waals surface area (Å²) in [4.78, 5) is 14.4. The summed E-state index contributed by atoms with van der Waals surface area (Å²) in [7, 11) is 1.85. The Labute approximate surface area is 153 Å². The van der Waals surface area contributed by atoms with E-state index in [1.807, 2.05) is 42.9 Å². The van der Waals surface area contributed by atoms with Gasteiger partial charge in [-0.1, -0.05) is 41.9 Å². The number of halogens is 1. The minimum atomic E-state index is 0.119. The van der Waals surface area contributed by atoms with Gasteiger partial charge in [0.25, 0.3) is 0 Å². The Morgan fingerprint density at radius 2 is 1.88 bits per heavy atom. The van der Waals surface area contributed by atoms with Crippen molar-refractivity contribution in [2.24, 2.45) is 5.92 Å². The molecule has 0 aliphatic heterocycles. The quantitative estimate of drug-likeness (QED) is 0.742. The zero-order valence-electron chi connectivity index (χ0n) is 15.1. The minimum Gasteiger partial charge on any atom is -0.341 e. The lowest BCUT2D eigenvalue weighted by molar-refractivity contribution is -0.129. The van der Waals surface area contributed by atoms with Crippen LogP contribution in [0.3, 0.4) is 0 Å². The molecule has 0 aliphatic rings. The summed E-state index contributed by atoms with van der Waals surface area (Å²) in [6, 6.07) is 8.06. The number of hydrogen-bond donors (Lipinski definition) is 0. The van der Waals surface area contributed by atoms with E-state index in [-0.39, 0.29) is 5.91 Å². The molecule has 0 aliphatic carbocycles. The Balaban J connectivity index is 2.06. The van der Waals surface area contributed by atoms with Gasteiger partial charge in [0, 0.05) is 35.9 Å². The lowest BCUT2D eigenvalue weighted by Gasteiger charge is -2.17. The molecule has 0 radical (unpaired) electrons. The molecule has 1 amide bonds. The number of aromatic nitrogens is 2. The van der Waals surface area contributed by atoms with Crippen LogP contribution >= 0.6 is 15.9 Å². The monoisotopic (exact) mass is 391 g/mol. The van der Waals surface area contributed by atoms with E-state index in [1.165, 1.54) is 0 Å². The van der Waals surface area contributed by atoms with Crippen LogP contribution in [0.2, 0.25) is 0 Å². The maximum atomic E-state index is 12.6. The zero-order valence-corrected chi connectivity index (χ0v) is 16.7. The molecule has 5 heteroatoms. The highest BCUT2D eigenvalue weighted by molar-refractivity contribution is 9.10. The van der Waals surface area contributed by atoms with Gasteiger partial charge in [-0.3, -0.25) is 9.48 Å². The Kier molecular flexibility index (Phi) is 6.21. The minimum absolute atomic E-state index is 0.119. The number of carbonyl (C=O) groups is 1. The molecule has 1 aromatic carbocycles. The Morgan fingerprint density at radius 1 is 1.25 bits per heavy atom. The number of hydrogen-bond acceptors (Lipinski definition) is 2. The van der Waals surface area contributed by atoms with Gasteiger partial charge in [-0.2, -0.15) is 5.10 Å². The maximum absolute atomic E-state index is 12.6. The summed E-state index contributed by atoms with van der Waals surface area (Å²) in [5.41, 5.74) is 4.24. The van der Waals surface area contributed by atoms with Crippen LogP contribution in [-0.4, -0.2) is 27.6 Å². The highest BCUT2D eigenvalue weighted by Crippen LogP contribution is 2.17. The molecular formula is C19H26BrN3O. The number of likely N-dealkylation sites (N-methyl/N-ethyl adjacent to an activating group) is 1. The first-order valence-corrected chi connectivity index (χ1v) is 9.08. The van der Waals surface area contributed by atoms with E-state index < -0.39 is 0 Å². The van der Waals surface area contributed by atoms with Crippen LogP contribution in [0.15, 0.2) is 28.7 Å². The first kappa shape index (κ1) is 18.7. The van der Waals surface area contributed by atoms with Crippen LogP contribution in [0.5, 0.6) is 0 Å². The molecule has 24 heavy (non-hydrogen) atoms. The fraction of sp³-hybridized carbons (Fsp3) is 0.474. The molecule has 4 nitrogen and oxygen atoms in total. The molecule has 0 N–H and O–H groups in total. The van der Waals surface area contributed by atoms with Gasteiger partial charge in [0.15, 0.2) is 0 Å². The van der Waals surface area contributed by atoms with E-state index in [0.717, 1.165) is 33.5 Å². The van der Waals surface area contributed by atoms with E-state index in [2.05, 4.69) is 41.8 Å². The van der Waals surface area contributed by atoms with Crippen LogP contribution in [-0.2, 0) is 24.3 Å². The fourth-order valence-corrected chi connectivity index (χ4v) is 3.02. The maximum Gasteiger partial charge on any atom is 0.227 e. The Morgan fingerprint density at radius 3 is 2.46 bits per heavy atom. The fourth-order valence-electron chi connectivity index (χ4n) is 2.75. The molecular weight excluding hydrogens is 366 g/mol. The van der Waals surface area contributed by atoms with Crippen molar-refractivity contribution < 1.29 is 4.79 Å². The molecule has 2 rings (SSSR count). The van der Waals surface area contributed by atoms with Crippen molar-refractivity contribution in [3.8, 4) is 0 Å². The van der Waals surface area contributed by atoms with Gasteiger partial charge < -0.3 is 4.90 Å². The average Bonchev–Trinajstić information content (AvgIpc) is 2.76. The third-order valence-electron chi connectivity index (χ3n) is 4.16. The van der Waals surface area contributed by atoms with Crippen LogP contribution in [0.4, 0.5) is 0 Å². The molecule has 1 heterocycles. The molecule has 0 bridgehead atoms. The van der Waals surface area contributed by atoms with Gasteiger partial charge in [0.2, 0.25) is 5.91 Å². The second kappa shape index (κ2) is 7.97. The molecule has 0 fully saturated rings. The van der Waals surface area contributed by atoms with Gasteiger partial charge in [0.1, 0.15) is 0 Å². The second-order valence-corrected chi connectivity index (χ2v) is 7.69. The zero-order chi connectivity index (χ0) is 17.9. The van der Waals surface area contributed by atoms with E-state index >= 15 is 0 Å². The van der Waals surface area contributed by atoms with Crippen molar-refractivity contribution in [2.45, 2.75) is 47.2 Å². The van der Waals surface area contributed by atoms with Crippen molar-refractivity contribution in [2.75, 3.05) is 7.05 Å². The first-order valence-electron chi connectivity index (χ1n) is 8.29. The molecule has 130 valence electrons. The van der Waals surface area contributed by atoms with Crippen LogP contribution < -0.4 is 0 Å². The molecule has 1 aromatic heterocycles. The lowest BCUT2D eigenvalue weighted by Crippen LogP contribution is -2.28. The van der Waals surface area contributed by atoms with E-state index in [4.69, 9.17) is 0 Å². The average molecular weight is 392 g/mol. The normalized spacial score (nSPS) is 11.1. The molecule has 0 saturated carbocycles. The highest BCUT2D eigenvalue weighted by Gasteiger charge is 2.18. The standard InChI is InChI=1S/C19H26BrN3O/c1-13(2)11-23-15(4)18(14(3)21-23)10-19(24)22(5)12-16-6-8-17(20)9-7-16/h6-9,13H,10-12H2,1-5H3. The van der Waals surface area contributed by atoms with Gasteiger partial charge in [-0.25, -0.2) is 0 Å². The van der Waals surface area contributed by atoms with Crippen LogP contribution in [0.25, 0.3) is 0 Å². The summed E-state index contributed by atoms with van der Waals surface area (Å²) in [5.74, 6) is 0.653. The van der Waals surface area contributed by atoms with Gasteiger partial charge in [-0.15, -0.1) is 0 Å². The lowest BCUT2D eigenvalue weighted by atomic mass is 10.1. The number of carbonyl (C=O) groups excluding carboxylic acids is 1. The third kappa shape index (κ3) is 4.69. The van der Waals surface area contributed by atoms with Crippen molar-refractivity contribution in [1.82, 2.24) is 14.7 Å². The van der Waals surface area contributed by atoms with Gasteiger partial charge in [-0.05, 0) is 37.5 Å². The summed E-state index contributed by atoms with van der Waals surface area (Å²) >= 11 is 3.43. The van der Waals surface area contributed by atoms with E-state index in [0.29, 0.717) is 18.9 Å². The van der Waals surface area contributed by atoms with Gasteiger partial charge in [0.05, 0.1) is 12.1 Å². The first-order chi connectivity index (χ1) is 11.3. The van der Waals surface area contributed by atoms with Crippen LogP contribution in [0.1, 0.15) is 36.4 Å². The van der Waals surface area contributed by atoms with Crippen molar-refractivity contribution in [1.29, 1.82) is 0 Å². The number of aryl methyl sites for hydroxylation is 1. The number of amides is 1. The number of nitrogens with zero attached hydrogens (tertiary/aromatic N) is 3.